The Morgan fingerprint density at radius 1 is 1.22 bits per heavy atom. The fourth-order valence-electron chi connectivity index (χ4n) is 1.44. The Bertz CT molecular complexity index is 607. The quantitative estimate of drug-likeness (QED) is 0.653. The number of aromatic hydroxyl groups is 1. The van der Waals surface area contributed by atoms with Crippen LogP contribution in [0.25, 0.3) is 0 Å². The highest BCUT2D eigenvalue weighted by Gasteiger charge is 2.11. The molecule has 4 nitrogen and oxygen atoms in total. The van der Waals surface area contributed by atoms with Crippen molar-refractivity contribution in [3.63, 3.8) is 0 Å². The SMILES string of the molecule is O=C(CSc1c(O)cc[nH]c1=O)c1ccccc1. The predicted molar refractivity (Wildman–Crippen MR) is 70.2 cm³/mol. The lowest BCUT2D eigenvalue weighted by Crippen LogP contribution is -2.09. The van der Waals surface area contributed by atoms with Crippen molar-refractivity contribution in [1.82, 2.24) is 4.98 Å². The minimum Gasteiger partial charge on any atom is -0.507 e. The molecule has 0 aliphatic heterocycles. The van der Waals surface area contributed by atoms with E-state index in [0.717, 1.165) is 11.8 Å². The van der Waals surface area contributed by atoms with E-state index in [0.29, 0.717) is 5.56 Å². The summed E-state index contributed by atoms with van der Waals surface area (Å²) in [7, 11) is 0. The Morgan fingerprint density at radius 2 is 1.94 bits per heavy atom. The number of H-pyrrole nitrogens is 1. The first-order valence-electron chi connectivity index (χ1n) is 5.30. The molecular formula is C13H11NO3S. The maximum Gasteiger partial charge on any atom is 0.265 e. The molecule has 0 saturated carbocycles. The van der Waals surface area contributed by atoms with Gasteiger partial charge in [0, 0.05) is 11.8 Å². The van der Waals surface area contributed by atoms with Crippen molar-refractivity contribution in [1.29, 1.82) is 0 Å². The van der Waals surface area contributed by atoms with Gasteiger partial charge >= 0.3 is 0 Å². The van der Waals surface area contributed by atoms with Gasteiger partial charge in [-0.15, -0.1) is 11.8 Å². The number of carbonyl (C=O) groups is 1. The summed E-state index contributed by atoms with van der Waals surface area (Å²) in [4.78, 5) is 25.9. The molecule has 0 bridgehead atoms. The average molecular weight is 261 g/mol. The first-order chi connectivity index (χ1) is 8.68. The van der Waals surface area contributed by atoms with Gasteiger partial charge < -0.3 is 10.1 Å². The normalized spacial score (nSPS) is 10.2. The molecule has 2 aromatic rings. The van der Waals surface area contributed by atoms with Crippen LogP contribution in [0.5, 0.6) is 5.75 Å². The molecule has 0 fully saturated rings. The second kappa shape index (κ2) is 5.55. The van der Waals surface area contributed by atoms with E-state index in [9.17, 15) is 14.7 Å². The van der Waals surface area contributed by atoms with Gasteiger partial charge in [0.1, 0.15) is 10.6 Å². The van der Waals surface area contributed by atoms with E-state index >= 15 is 0 Å². The number of nitrogens with one attached hydrogen (secondary N) is 1. The summed E-state index contributed by atoms with van der Waals surface area (Å²) < 4.78 is 0. The lowest BCUT2D eigenvalue weighted by molar-refractivity contribution is 0.102. The van der Waals surface area contributed by atoms with Crippen LogP contribution in [0.4, 0.5) is 0 Å². The van der Waals surface area contributed by atoms with Gasteiger partial charge in [-0.3, -0.25) is 9.59 Å². The van der Waals surface area contributed by atoms with Crippen molar-refractivity contribution in [3.8, 4) is 5.75 Å². The zero-order valence-corrected chi connectivity index (χ0v) is 10.2. The monoisotopic (exact) mass is 261 g/mol. The summed E-state index contributed by atoms with van der Waals surface area (Å²) in [6.07, 6.45) is 1.36. The first-order valence-corrected chi connectivity index (χ1v) is 6.29. The fourth-order valence-corrected chi connectivity index (χ4v) is 2.29. The molecule has 0 atom stereocenters. The van der Waals surface area contributed by atoms with Crippen molar-refractivity contribution >= 4 is 17.5 Å². The number of benzene rings is 1. The standard InChI is InChI=1S/C13H11NO3S/c15-10-6-7-14-13(17)12(10)18-8-11(16)9-4-2-1-3-5-9/h1-7H,8H2,(H2,14,15,17). The third-order valence-corrected chi connectivity index (χ3v) is 3.43. The van der Waals surface area contributed by atoms with E-state index in [-0.39, 0.29) is 27.7 Å². The van der Waals surface area contributed by atoms with Crippen LogP contribution in [-0.2, 0) is 0 Å². The Labute approximate surface area is 108 Å². The summed E-state index contributed by atoms with van der Waals surface area (Å²) >= 11 is 1.03. The molecule has 0 saturated heterocycles. The van der Waals surface area contributed by atoms with Gasteiger partial charge in [0.05, 0.1) is 5.75 Å². The number of hydrogen-bond donors (Lipinski definition) is 2. The minimum atomic E-state index is -0.388. The van der Waals surface area contributed by atoms with Crippen LogP contribution in [0.3, 0.4) is 0 Å². The number of pyridine rings is 1. The molecule has 0 aliphatic rings. The van der Waals surface area contributed by atoms with Crippen molar-refractivity contribution in [2.75, 3.05) is 5.75 Å². The van der Waals surface area contributed by atoms with E-state index in [1.54, 1.807) is 24.3 Å². The lowest BCUT2D eigenvalue weighted by atomic mass is 10.2. The number of rotatable bonds is 4. The second-order valence-corrected chi connectivity index (χ2v) is 4.58. The van der Waals surface area contributed by atoms with E-state index < -0.39 is 0 Å². The molecule has 18 heavy (non-hydrogen) atoms. The van der Waals surface area contributed by atoms with Gasteiger partial charge in [0.25, 0.3) is 5.56 Å². The van der Waals surface area contributed by atoms with Gasteiger partial charge in [-0.05, 0) is 6.07 Å². The van der Waals surface area contributed by atoms with Crippen LogP contribution in [-0.4, -0.2) is 21.6 Å². The van der Waals surface area contributed by atoms with Crippen molar-refractivity contribution in [2.45, 2.75) is 4.90 Å². The zero-order valence-electron chi connectivity index (χ0n) is 9.42. The number of hydrogen-bond acceptors (Lipinski definition) is 4. The van der Waals surface area contributed by atoms with Gasteiger partial charge in [-0.25, -0.2) is 0 Å². The molecule has 92 valence electrons. The van der Waals surface area contributed by atoms with E-state index in [1.165, 1.54) is 12.3 Å². The van der Waals surface area contributed by atoms with Crippen LogP contribution in [0, 0.1) is 0 Å². The molecule has 0 amide bonds. The molecule has 0 spiro atoms. The molecule has 1 aromatic carbocycles. The maximum atomic E-state index is 11.8. The molecule has 0 radical (unpaired) electrons. The Balaban J connectivity index is 2.09. The van der Waals surface area contributed by atoms with Crippen LogP contribution < -0.4 is 5.56 Å². The summed E-state index contributed by atoms with van der Waals surface area (Å²) in [6, 6.07) is 10.2. The van der Waals surface area contributed by atoms with Crippen molar-refractivity contribution in [3.05, 3.63) is 58.5 Å². The van der Waals surface area contributed by atoms with Crippen molar-refractivity contribution < 1.29 is 9.90 Å². The van der Waals surface area contributed by atoms with Gasteiger partial charge in [0.15, 0.2) is 5.78 Å². The summed E-state index contributed by atoms with van der Waals surface area (Å²) in [5, 5.41) is 9.52. The fraction of sp³-hybridized carbons (Fsp3) is 0.0769. The predicted octanol–water partition coefficient (Wildman–Crippen LogP) is 2.06. The third-order valence-electron chi connectivity index (χ3n) is 2.34. The van der Waals surface area contributed by atoms with Crippen LogP contribution in [0.15, 0.2) is 52.3 Å². The number of aromatic nitrogens is 1. The third kappa shape index (κ3) is 2.81. The van der Waals surface area contributed by atoms with Crippen LogP contribution in [0.1, 0.15) is 10.4 Å². The van der Waals surface area contributed by atoms with E-state index in [4.69, 9.17) is 0 Å². The number of ketones is 1. The Hall–Kier alpha value is -2.01. The largest absolute Gasteiger partial charge is 0.507 e. The first kappa shape index (κ1) is 12.4. The minimum absolute atomic E-state index is 0.0803. The highest BCUT2D eigenvalue weighted by atomic mass is 32.2. The van der Waals surface area contributed by atoms with Crippen LogP contribution >= 0.6 is 11.8 Å². The molecule has 1 heterocycles. The zero-order chi connectivity index (χ0) is 13.0. The highest BCUT2D eigenvalue weighted by molar-refractivity contribution is 8.00. The highest BCUT2D eigenvalue weighted by Crippen LogP contribution is 2.24. The molecule has 0 unspecified atom stereocenters. The van der Waals surface area contributed by atoms with Gasteiger partial charge in [-0.2, -0.15) is 0 Å². The molecular weight excluding hydrogens is 250 g/mol. The molecule has 0 aliphatic carbocycles. The molecule has 5 heteroatoms. The van der Waals surface area contributed by atoms with E-state index in [2.05, 4.69) is 4.98 Å². The number of Topliss-reactive ketones (excluding diaryl/α,β-unsaturated/α-hetero) is 1. The lowest BCUT2D eigenvalue weighted by Gasteiger charge is -2.02. The average Bonchev–Trinajstić information content (AvgIpc) is 2.39. The Morgan fingerprint density at radius 3 is 2.61 bits per heavy atom. The number of carbonyl (C=O) groups excluding carboxylic acids is 1. The van der Waals surface area contributed by atoms with Gasteiger partial charge in [-0.1, -0.05) is 30.3 Å². The van der Waals surface area contributed by atoms with Gasteiger partial charge in [0.2, 0.25) is 0 Å². The summed E-state index contributed by atoms with van der Waals surface area (Å²) in [6.45, 7) is 0. The smallest absolute Gasteiger partial charge is 0.265 e. The second-order valence-electron chi connectivity index (χ2n) is 3.60. The summed E-state index contributed by atoms with van der Waals surface area (Å²) in [5.74, 6) is -0.0714. The number of thioether (sulfide) groups is 1. The van der Waals surface area contributed by atoms with Crippen molar-refractivity contribution in [2.24, 2.45) is 0 Å². The summed E-state index contributed by atoms with van der Waals surface area (Å²) in [5.41, 5.74) is 0.206. The Kier molecular flexibility index (Phi) is 3.84. The number of aromatic amines is 1. The molecule has 2 rings (SSSR count). The molecule has 2 N–H and O–H groups in total. The topological polar surface area (TPSA) is 70.2 Å². The van der Waals surface area contributed by atoms with E-state index in [1.807, 2.05) is 6.07 Å². The maximum absolute atomic E-state index is 11.8. The van der Waals surface area contributed by atoms with Crippen LogP contribution in [0.2, 0.25) is 0 Å². The molecule has 1 aromatic heterocycles.